The first kappa shape index (κ1) is 59.5. The summed E-state index contributed by atoms with van der Waals surface area (Å²) in [6.45, 7) is 12.7. The number of likely N-dealkylation sites (N-methyl/N-ethyl adjacent to an activating group) is 1. The number of hydrogen-bond donors (Lipinski definition) is 5. The van der Waals surface area contributed by atoms with Gasteiger partial charge < -0.3 is 63.8 Å². The number of methoxy groups -OCH3 is 3. The van der Waals surface area contributed by atoms with Gasteiger partial charge in [0.1, 0.15) is 58.2 Å². The Labute approximate surface area is 431 Å². The molecule has 2 aliphatic rings. The normalized spacial score (nSPS) is 31.4. The van der Waals surface area contributed by atoms with E-state index in [4.69, 9.17) is 28.4 Å². The average molecular weight is 1030 g/mol. The van der Waals surface area contributed by atoms with Crippen molar-refractivity contribution in [1.29, 1.82) is 0 Å². The largest absolute Gasteiger partial charge is 0.497 e. The number of carbonyl (C=O) groups is 1. The van der Waals surface area contributed by atoms with Crippen LogP contribution in [0.2, 0.25) is 0 Å². The number of hydrogen-bond acceptors (Lipinski definition) is 13. The highest BCUT2D eigenvalue weighted by Gasteiger charge is 2.49. The summed E-state index contributed by atoms with van der Waals surface area (Å²) in [5.41, 5.74) is -3.28. The second kappa shape index (κ2) is 26.9. The maximum Gasteiger partial charge on any atom is 0.222 e. The Morgan fingerprint density at radius 3 is 1.72 bits per heavy atom. The number of nitrogens with zero attached hydrogens (tertiary/aromatic N) is 2. The van der Waals surface area contributed by atoms with Crippen molar-refractivity contribution < 1.29 is 58.7 Å². The third-order valence-electron chi connectivity index (χ3n) is 15.6. The van der Waals surface area contributed by atoms with E-state index in [-0.39, 0.29) is 49.8 Å². The van der Waals surface area contributed by atoms with Gasteiger partial charge in [-0.2, -0.15) is 0 Å². The zero-order valence-corrected chi connectivity index (χ0v) is 46.3. The lowest BCUT2D eigenvalue weighted by atomic mass is 9.81. The van der Waals surface area contributed by atoms with E-state index in [1.54, 1.807) is 40.1 Å². The lowest BCUT2D eigenvalue weighted by Crippen LogP contribution is -2.60. The van der Waals surface area contributed by atoms with Gasteiger partial charge in [0.2, 0.25) is 5.91 Å². The van der Waals surface area contributed by atoms with Crippen LogP contribution in [0.5, 0.6) is 17.2 Å². The van der Waals surface area contributed by atoms with Crippen molar-refractivity contribution in [2.45, 2.75) is 185 Å². The predicted octanol–water partition coefficient (Wildman–Crippen LogP) is 6.81. The molecule has 0 bridgehead atoms. The van der Waals surface area contributed by atoms with Gasteiger partial charge >= 0.3 is 0 Å². The number of aliphatic hydroxyl groups is 5. The lowest BCUT2D eigenvalue weighted by molar-refractivity contribution is -0.295. The van der Waals surface area contributed by atoms with Gasteiger partial charge in [0.05, 0.1) is 57.4 Å². The molecule has 404 valence electrons. The fourth-order valence-corrected chi connectivity index (χ4v) is 15.6. The SMILES string of the molecule is CC[C@H]1OC(O)[C@H](C)C[C@H](C)[C@@H](O[C@@H]2O[C@H](C)C[C@H](N(C)C)[C@H]2O)[C@](C)(O)CCCN(C(=O)CCCCCCC[P+](c2ccc(OC)cc2)(c2ccc(OC)cc2)c2ccc(OC)cc2)[C@H](C)[C@@H](O)[C@]1(C)O. The molecule has 72 heavy (non-hydrogen) atoms. The van der Waals surface area contributed by atoms with Crippen molar-refractivity contribution in [1.82, 2.24) is 9.80 Å². The van der Waals surface area contributed by atoms with Gasteiger partial charge in [-0.25, -0.2) is 0 Å². The van der Waals surface area contributed by atoms with Crippen LogP contribution in [-0.2, 0) is 19.0 Å². The quantitative estimate of drug-likeness (QED) is 0.0664. The number of ether oxygens (including phenoxy) is 6. The van der Waals surface area contributed by atoms with Crippen LogP contribution in [0, 0.1) is 11.8 Å². The van der Waals surface area contributed by atoms with Crippen molar-refractivity contribution in [2.75, 3.05) is 48.1 Å². The van der Waals surface area contributed by atoms with Crippen molar-refractivity contribution >= 4 is 29.1 Å². The average Bonchev–Trinajstić information content (AvgIpc) is 3.36. The summed E-state index contributed by atoms with van der Waals surface area (Å²) in [6, 6.07) is 24.3. The highest BCUT2D eigenvalue weighted by molar-refractivity contribution is 7.95. The molecule has 5 rings (SSSR count). The molecule has 1 unspecified atom stereocenters. The van der Waals surface area contributed by atoms with E-state index in [2.05, 4.69) is 36.4 Å². The number of aliphatic hydroxyl groups excluding tert-OH is 3. The Morgan fingerprint density at radius 1 is 0.736 bits per heavy atom. The molecule has 1 amide bonds. The molecule has 13 atom stereocenters. The first-order valence-corrected chi connectivity index (χ1v) is 28.4. The Hall–Kier alpha value is -3.40. The van der Waals surface area contributed by atoms with E-state index in [0.29, 0.717) is 25.7 Å². The second-order valence-corrected chi connectivity index (χ2v) is 25.0. The molecule has 0 radical (unpaired) electrons. The molecule has 0 aromatic heterocycles. The minimum atomic E-state index is -2.18. The Bertz CT molecular complexity index is 1960. The maximum absolute atomic E-state index is 14.4. The topological polar surface area (TPSA) is 180 Å². The molecule has 5 N–H and O–H groups in total. The summed E-state index contributed by atoms with van der Waals surface area (Å²) in [5, 5.41) is 63.0. The molecule has 0 saturated carbocycles. The molecule has 0 spiro atoms. The smallest absolute Gasteiger partial charge is 0.222 e. The first-order valence-electron chi connectivity index (χ1n) is 26.4. The zero-order valence-electron chi connectivity index (χ0n) is 45.4. The Balaban J connectivity index is 1.33. The molecule has 14 nitrogen and oxygen atoms in total. The molecular formula is C57H90N2O12P+. The van der Waals surface area contributed by atoms with Crippen LogP contribution in [0.4, 0.5) is 0 Å². The van der Waals surface area contributed by atoms with Gasteiger partial charge in [-0.1, -0.05) is 33.6 Å². The third kappa shape index (κ3) is 14.5. The standard InChI is InChI=1S/C57H90N2O12P/c1-13-49-57(7,65)52(62)41(5)59(34-19-33-56(6,64)53(38(2)36-39(3)54(63)70-49)71-55-51(61)48(58(8)9)37-40(4)69-55)50(60)20-17-15-14-16-18-35-72(45-27-21-42(66-10)22-28-45,46-29-23-43(67-11)24-30-46)47-31-25-44(68-12)26-32-47/h21-32,38-41,48-49,51-55,61-65H,13-20,33-37H2,1-12H3/q+1/t38-,39+,40+,41+,48-,49+,51+,52+,53+,54?,55-,56+,57+/m0/s1. The highest BCUT2D eigenvalue weighted by Crippen LogP contribution is 2.56. The molecular weight excluding hydrogens is 936 g/mol. The zero-order chi connectivity index (χ0) is 53.0. The van der Waals surface area contributed by atoms with Crippen LogP contribution >= 0.6 is 7.26 Å². The molecule has 0 aliphatic carbocycles. The molecule has 2 fully saturated rings. The molecule has 2 aliphatic heterocycles. The van der Waals surface area contributed by atoms with E-state index in [0.717, 1.165) is 49.1 Å². The molecule has 2 heterocycles. The van der Waals surface area contributed by atoms with Crippen LogP contribution in [0.15, 0.2) is 72.8 Å². The maximum atomic E-state index is 14.4. The van der Waals surface area contributed by atoms with Gasteiger partial charge in [-0.3, -0.25) is 4.79 Å². The van der Waals surface area contributed by atoms with Gasteiger partial charge in [0.25, 0.3) is 0 Å². The number of carbonyl (C=O) groups excluding carboxylic acids is 1. The summed E-state index contributed by atoms with van der Waals surface area (Å²) >= 11 is 0. The molecule has 2 saturated heterocycles. The summed E-state index contributed by atoms with van der Waals surface area (Å²) in [6.07, 6.45) is 0.595. The van der Waals surface area contributed by atoms with E-state index in [1.165, 1.54) is 22.8 Å². The summed E-state index contributed by atoms with van der Waals surface area (Å²) < 4.78 is 35.7. The highest BCUT2D eigenvalue weighted by atomic mass is 31.2. The van der Waals surface area contributed by atoms with Gasteiger partial charge in [-0.15, -0.1) is 0 Å². The van der Waals surface area contributed by atoms with Crippen molar-refractivity contribution in [3.8, 4) is 17.2 Å². The van der Waals surface area contributed by atoms with Gasteiger partial charge in [-0.05, 0) is 172 Å². The van der Waals surface area contributed by atoms with E-state index in [1.807, 2.05) is 83.1 Å². The number of benzene rings is 3. The predicted molar refractivity (Wildman–Crippen MR) is 286 cm³/mol. The third-order valence-corrected chi connectivity index (χ3v) is 20.1. The Morgan fingerprint density at radius 2 is 1.24 bits per heavy atom. The van der Waals surface area contributed by atoms with Crippen molar-refractivity contribution in [3.63, 3.8) is 0 Å². The van der Waals surface area contributed by atoms with Crippen LogP contribution < -0.4 is 30.1 Å². The van der Waals surface area contributed by atoms with Crippen molar-refractivity contribution in [3.05, 3.63) is 72.8 Å². The molecule has 15 heteroatoms. The Kier molecular flexibility index (Phi) is 22.2. The van der Waals surface area contributed by atoms with Crippen molar-refractivity contribution in [2.24, 2.45) is 11.8 Å². The van der Waals surface area contributed by atoms with Gasteiger partial charge in [0.15, 0.2) is 12.6 Å². The minimum absolute atomic E-state index is 0.156. The minimum Gasteiger partial charge on any atom is -0.497 e. The monoisotopic (exact) mass is 1030 g/mol. The molecule has 3 aromatic carbocycles. The lowest BCUT2D eigenvalue weighted by Gasteiger charge is -2.45. The van der Waals surface area contributed by atoms with E-state index >= 15 is 0 Å². The molecule has 3 aromatic rings. The number of unbranched alkanes of at least 4 members (excludes halogenated alkanes) is 4. The number of rotatable bonds is 18. The summed E-state index contributed by atoms with van der Waals surface area (Å²) in [7, 11) is 6.68. The van der Waals surface area contributed by atoms with Crippen LogP contribution in [0.1, 0.15) is 119 Å². The number of amides is 1. The van der Waals surface area contributed by atoms with Crippen LogP contribution in [0.25, 0.3) is 0 Å². The second-order valence-electron chi connectivity index (χ2n) is 21.3. The summed E-state index contributed by atoms with van der Waals surface area (Å²) in [5.74, 6) is 1.43. The summed E-state index contributed by atoms with van der Waals surface area (Å²) in [4.78, 5) is 18.0. The fourth-order valence-electron chi connectivity index (χ4n) is 11.3. The first-order chi connectivity index (χ1) is 34.1. The van der Waals surface area contributed by atoms with E-state index in [9.17, 15) is 30.3 Å². The van der Waals surface area contributed by atoms with E-state index < -0.39 is 67.4 Å². The van der Waals surface area contributed by atoms with Gasteiger partial charge in [0, 0.05) is 24.9 Å². The van der Waals surface area contributed by atoms with Crippen LogP contribution in [-0.4, -0.2) is 156 Å². The van der Waals surface area contributed by atoms with Crippen LogP contribution in [0.3, 0.4) is 0 Å². The fraction of sp³-hybridized carbons (Fsp3) is 0.667.